The van der Waals surface area contributed by atoms with Gasteiger partial charge in [0.15, 0.2) is 0 Å². The molecule has 2 rings (SSSR count). The van der Waals surface area contributed by atoms with Crippen molar-refractivity contribution in [2.24, 2.45) is 0 Å². The van der Waals surface area contributed by atoms with Gasteiger partial charge in [0, 0.05) is 13.1 Å². The van der Waals surface area contributed by atoms with Crippen molar-refractivity contribution in [1.82, 2.24) is 10.2 Å². The Labute approximate surface area is 108 Å². The van der Waals surface area contributed by atoms with Crippen LogP contribution in [-0.2, 0) is 11.3 Å². The number of aryl methyl sites for hydroxylation is 1. The van der Waals surface area contributed by atoms with Crippen molar-refractivity contribution in [1.29, 1.82) is 0 Å². The topological polar surface area (TPSA) is 45.5 Å². The Kier molecular flexibility index (Phi) is 4.42. The summed E-state index contributed by atoms with van der Waals surface area (Å²) in [4.78, 5) is 14.1. The van der Waals surface area contributed by atoms with Crippen molar-refractivity contribution < 1.29 is 9.21 Å². The standard InChI is InChI=1S/C14H22N2O2/c1-11-6-7-13(18-11)10-15-12(2)14(17)16-8-4-3-5-9-16/h6-7,12,15H,3-5,8-10H2,1-2H3. The first kappa shape index (κ1) is 13.1. The number of carbonyl (C=O) groups is 1. The number of hydrogen-bond acceptors (Lipinski definition) is 3. The van der Waals surface area contributed by atoms with Crippen LogP contribution in [0.3, 0.4) is 0 Å². The van der Waals surface area contributed by atoms with Crippen LogP contribution in [0.15, 0.2) is 16.5 Å². The summed E-state index contributed by atoms with van der Waals surface area (Å²) in [7, 11) is 0. The molecule has 0 radical (unpaired) electrons. The summed E-state index contributed by atoms with van der Waals surface area (Å²) in [6.45, 7) is 6.27. The zero-order chi connectivity index (χ0) is 13.0. The Morgan fingerprint density at radius 1 is 1.39 bits per heavy atom. The first-order valence-corrected chi connectivity index (χ1v) is 6.74. The normalized spacial score (nSPS) is 17.8. The first-order chi connectivity index (χ1) is 8.66. The lowest BCUT2D eigenvalue weighted by molar-refractivity contribution is -0.134. The molecule has 100 valence electrons. The van der Waals surface area contributed by atoms with Crippen molar-refractivity contribution in [2.75, 3.05) is 13.1 Å². The van der Waals surface area contributed by atoms with Gasteiger partial charge in [0.2, 0.25) is 5.91 Å². The van der Waals surface area contributed by atoms with E-state index in [9.17, 15) is 4.79 Å². The average molecular weight is 250 g/mol. The highest BCUT2D eigenvalue weighted by atomic mass is 16.3. The molecule has 1 aliphatic rings. The number of furan rings is 1. The van der Waals surface area contributed by atoms with E-state index in [0.717, 1.165) is 37.5 Å². The van der Waals surface area contributed by atoms with E-state index in [1.54, 1.807) is 0 Å². The van der Waals surface area contributed by atoms with E-state index < -0.39 is 0 Å². The minimum Gasteiger partial charge on any atom is -0.465 e. The quantitative estimate of drug-likeness (QED) is 0.890. The molecule has 2 heterocycles. The Balaban J connectivity index is 1.79. The Morgan fingerprint density at radius 2 is 2.11 bits per heavy atom. The van der Waals surface area contributed by atoms with Crippen molar-refractivity contribution >= 4 is 5.91 Å². The molecule has 1 atom stereocenters. The number of nitrogens with zero attached hydrogens (tertiary/aromatic N) is 1. The molecule has 1 fully saturated rings. The molecule has 0 bridgehead atoms. The summed E-state index contributed by atoms with van der Waals surface area (Å²) >= 11 is 0. The Morgan fingerprint density at radius 3 is 2.72 bits per heavy atom. The third kappa shape index (κ3) is 3.35. The third-order valence-corrected chi connectivity index (χ3v) is 3.42. The lowest BCUT2D eigenvalue weighted by Gasteiger charge is -2.29. The summed E-state index contributed by atoms with van der Waals surface area (Å²) in [5, 5.41) is 3.22. The highest BCUT2D eigenvalue weighted by molar-refractivity contribution is 5.81. The molecule has 4 nitrogen and oxygen atoms in total. The SMILES string of the molecule is Cc1ccc(CNC(C)C(=O)N2CCCCC2)o1. The lowest BCUT2D eigenvalue weighted by Crippen LogP contribution is -2.46. The summed E-state index contributed by atoms with van der Waals surface area (Å²) in [6, 6.07) is 3.74. The maximum absolute atomic E-state index is 12.2. The van der Waals surface area contributed by atoms with Gasteiger partial charge in [0.05, 0.1) is 12.6 Å². The Hall–Kier alpha value is -1.29. The van der Waals surface area contributed by atoms with Gasteiger partial charge in [0.25, 0.3) is 0 Å². The number of hydrogen-bond donors (Lipinski definition) is 1. The predicted octanol–water partition coefficient (Wildman–Crippen LogP) is 2.08. The van der Waals surface area contributed by atoms with Crippen LogP contribution in [0, 0.1) is 6.92 Å². The van der Waals surface area contributed by atoms with Gasteiger partial charge in [-0.15, -0.1) is 0 Å². The largest absolute Gasteiger partial charge is 0.465 e. The van der Waals surface area contributed by atoms with Crippen LogP contribution >= 0.6 is 0 Å². The van der Waals surface area contributed by atoms with Gasteiger partial charge in [0.1, 0.15) is 11.5 Å². The van der Waals surface area contributed by atoms with E-state index >= 15 is 0 Å². The van der Waals surface area contributed by atoms with E-state index in [4.69, 9.17) is 4.42 Å². The summed E-state index contributed by atoms with van der Waals surface area (Å²) in [6.07, 6.45) is 3.52. The molecule has 1 aromatic rings. The molecule has 1 aliphatic heterocycles. The maximum atomic E-state index is 12.2. The average Bonchev–Trinajstić information content (AvgIpc) is 2.82. The fourth-order valence-corrected chi connectivity index (χ4v) is 2.31. The second-order valence-corrected chi connectivity index (χ2v) is 5.00. The minimum atomic E-state index is -0.145. The summed E-state index contributed by atoms with van der Waals surface area (Å²) in [5.74, 6) is 1.99. The van der Waals surface area contributed by atoms with E-state index in [-0.39, 0.29) is 11.9 Å². The van der Waals surface area contributed by atoms with Crippen LogP contribution in [0.25, 0.3) is 0 Å². The van der Waals surface area contributed by atoms with E-state index in [2.05, 4.69) is 5.32 Å². The van der Waals surface area contributed by atoms with Crippen molar-refractivity contribution in [3.05, 3.63) is 23.7 Å². The second-order valence-electron chi connectivity index (χ2n) is 5.00. The van der Waals surface area contributed by atoms with Crippen LogP contribution in [-0.4, -0.2) is 29.9 Å². The summed E-state index contributed by atoms with van der Waals surface area (Å²) in [5.41, 5.74) is 0. The molecular weight excluding hydrogens is 228 g/mol. The molecule has 1 N–H and O–H groups in total. The molecule has 1 unspecified atom stereocenters. The lowest BCUT2D eigenvalue weighted by atomic mass is 10.1. The molecule has 1 saturated heterocycles. The number of nitrogens with one attached hydrogen (secondary N) is 1. The fraction of sp³-hybridized carbons (Fsp3) is 0.643. The van der Waals surface area contributed by atoms with Crippen LogP contribution in [0.4, 0.5) is 0 Å². The molecular formula is C14H22N2O2. The summed E-state index contributed by atoms with van der Waals surface area (Å²) < 4.78 is 5.47. The third-order valence-electron chi connectivity index (χ3n) is 3.42. The molecule has 18 heavy (non-hydrogen) atoms. The number of carbonyl (C=O) groups excluding carboxylic acids is 1. The fourth-order valence-electron chi connectivity index (χ4n) is 2.31. The van der Waals surface area contributed by atoms with E-state index in [1.807, 2.05) is 30.9 Å². The predicted molar refractivity (Wildman–Crippen MR) is 70.2 cm³/mol. The molecule has 0 aromatic carbocycles. The highest BCUT2D eigenvalue weighted by Gasteiger charge is 2.21. The van der Waals surface area contributed by atoms with Gasteiger partial charge in [-0.2, -0.15) is 0 Å². The molecule has 0 saturated carbocycles. The first-order valence-electron chi connectivity index (χ1n) is 6.74. The van der Waals surface area contributed by atoms with Crippen molar-refractivity contribution in [3.63, 3.8) is 0 Å². The second kappa shape index (κ2) is 6.05. The maximum Gasteiger partial charge on any atom is 0.239 e. The molecule has 0 spiro atoms. The van der Waals surface area contributed by atoms with Crippen LogP contribution in [0.5, 0.6) is 0 Å². The number of piperidine rings is 1. The highest BCUT2D eigenvalue weighted by Crippen LogP contribution is 2.11. The zero-order valence-electron chi connectivity index (χ0n) is 11.2. The molecule has 4 heteroatoms. The number of rotatable bonds is 4. The minimum absolute atomic E-state index is 0.145. The van der Waals surface area contributed by atoms with Crippen LogP contribution in [0.2, 0.25) is 0 Å². The molecule has 0 aliphatic carbocycles. The van der Waals surface area contributed by atoms with Crippen LogP contribution in [0.1, 0.15) is 37.7 Å². The number of amides is 1. The van der Waals surface area contributed by atoms with Crippen LogP contribution < -0.4 is 5.32 Å². The zero-order valence-corrected chi connectivity index (χ0v) is 11.2. The number of likely N-dealkylation sites (tertiary alicyclic amines) is 1. The smallest absolute Gasteiger partial charge is 0.239 e. The van der Waals surface area contributed by atoms with Crippen molar-refractivity contribution in [2.45, 2.75) is 45.7 Å². The van der Waals surface area contributed by atoms with Gasteiger partial charge < -0.3 is 9.32 Å². The van der Waals surface area contributed by atoms with Gasteiger partial charge >= 0.3 is 0 Å². The Bertz CT molecular complexity index is 394. The monoisotopic (exact) mass is 250 g/mol. The van der Waals surface area contributed by atoms with E-state index in [1.165, 1.54) is 6.42 Å². The molecule has 1 amide bonds. The van der Waals surface area contributed by atoms with E-state index in [0.29, 0.717) is 6.54 Å². The van der Waals surface area contributed by atoms with Gasteiger partial charge in [-0.3, -0.25) is 10.1 Å². The van der Waals surface area contributed by atoms with Crippen molar-refractivity contribution in [3.8, 4) is 0 Å². The van der Waals surface area contributed by atoms with Gasteiger partial charge in [-0.1, -0.05) is 0 Å². The molecule has 1 aromatic heterocycles. The van der Waals surface area contributed by atoms with Gasteiger partial charge in [-0.05, 0) is 45.2 Å². The van der Waals surface area contributed by atoms with Gasteiger partial charge in [-0.25, -0.2) is 0 Å².